The van der Waals surface area contributed by atoms with Gasteiger partial charge in [0, 0.05) is 0 Å². The van der Waals surface area contributed by atoms with Crippen LogP contribution in [0.15, 0.2) is 29.1 Å². The minimum Gasteiger partial charge on any atom is -0.354 e. The third kappa shape index (κ3) is 2.12. The predicted octanol–water partition coefficient (Wildman–Crippen LogP) is 2.60. The van der Waals surface area contributed by atoms with Crippen LogP contribution < -0.4 is 5.32 Å². The van der Waals surface area contributed by atoms with Gasteiger partial charge in [-0.25, -0.2) is 4.98 Å². The van der Waals surface area contributed by atoms with Crippen molar-refractivity contribution < 1.29 is 4.52 Å². The van der Waals surface area contributed by atoms with Crippen molar-refractivity contribution in [2.75, 3.05) is 5.32 Å². The Morgan fingerprint density at radius 1 is 1.41 bits per heavy atom. The second kappa shape index (κ2) is 4.14. The Kier molecular flexibility index (Phi) is 2.49. The Labute approximate surface area is 101 Å². The van der Waals surface area contributed by atoms with Crippen LogP contribution in [0.4, 0.5) is 5.13 Å². The lowest BCUT2D eigenvalue weighted by molar-refractivity contribution is 0.411. The number of rotatable bonds is 3. The van der Waals surface area contributed by atoms with E-state index in [2.05, 4.69) is 50.1 Å². The van der Waals surface area contributed by atoms with Gasteiger partial charge in [0.05, 0.1) is 16.8 Å². The molecule has 86 valence electrons. The van der Waals surface area contributed by atoms with E-state index in [4.69, 9.17) is 0 Å². The molecule has 3 aromatic rings. The highest BCUT2D eigenvalue weighted by atomic mass is 32.1. The normalized spacial score (nSPS) is 10.9. The minimum absolute atomic E-state index is 0.523. The summed E-state index contributed by atoms with van der Waals surface area (Å²) in [6.07, 6.45) is 1.32. The van der Waals surface area contributed by atoms with Crippen molar-refractivity contribution >= 4 is 26.7 Å². The zero-order valence-corrected chi connectivity index (χ0v) is 9.99. The van der Waals surface area contributed by atoms with Crippen LogP contribution in [0.5, 0.6) is 0 Å². The lowest BCUT2D eigenvalue weighted by Crippen LogP contribution is -2.00. The SMILES string of the molecule is Cc1ccc2sc(NCc3ncon3)nc2c1. The summed E-state index contributed by atoms with van der Waals surface area (Å²) in [7, 11) is 0. The highest BCUT2D eigenvalue weighted by Crippen LogP contribution is 2.26. The fourth-order valence-electron chi connectivity index (χ4n) is 1.54. The van der Waals surface area contributed by atoms with Gasteiger partial charge in [-0.1, -0.05) is 22.6 Å². The molecule has 0 unspecified atom stereocenters. The Bertz CT molecular complexity index is 632. The van der Waals surface area contributed by atoms with Gasteiger partial charge in [-0.3, -0.25) is 0 Å². The molecule has 0 aliphatic carbocycles. The van der Waals surface area contributed by atoms with Crippen LogP contribution in [-0.2, 0) is 6.54 Å². The Balaban J connectivity index is 1.81. The monoisotopic (exact) mass is 246 g/mol. The number of hydrogen-bond donors (Lipinski definition) is 1. The molecule has 17 heavy (non-hydrogen) atoms. The number of anilines is 1. The van der Waals surface area contributed by atoms with Crippen LogP contribution in [0.2, 0.25) is 0 Å². The first-order valence-electron chi connectivity index (χ1n) is 5.17. The molecule has 1 aromatic carbocycles. The highest BCUT2D eigenvalue weighted by molar-refractivity contribution is 7.22. The summed E-state index contributed by atoms with van der Waals surface area (Å²) in [5.41, 5.74) is 2.23. The number of nitrogens with one attached hydrogen (secondary N) is 1. The van der Waals surface area contributed by atoms with Crippen molar-refractivity contribution in [3.8, 4) is 0 Å². The Morgan fingerprint density at radius 2 is 2.35 bits per heavy atom. The molecule has 0 bridgehead atoms. The Morgan fingerprint density at radius 3 is 3.18 bits per heavy atom. The van der Waals surface area contributed by atoms with E-state index in [0.717, 1.165) is 10.6 Å². The van der Waals surface area contributed by atoms with Crippen LogP contribution in [-0.4, -0.2) is 15.1 Å². The van der Waals surface area contributed by atoms with Crippen LogP contribution in [0.3, 0.4) is 0 Å². The van der Waals surface area contributed by atoms with Crippen LogP contribution in [0, 0.1) is 6.92 Å². The van der Waals surface area contributed by atoms with Gasteiger partial charge in [0.2, 0.25) is 6.39 Å². The number of benzene rings is 1. The molecular formula is C11H10N4OS. The maximum Gasteiger partial charge on any atom is 0.213 e. The number of hydrogen-bond acceptors (Lipinski definition) is 6. The molecule has 1 N–H and O–H groups in total. The standard InChI is InChI=1S/C11H10N4OS/c1-7-2-3-9-8(4-7)14-11(17-9)12-5-10-13-6-16-15-10/h2-4,6H,5H2,1H3,(H,12,14). The Hall–Kier alpha value is -1.95. The van der Waals surface area contributed by atoms with Crippen molar-refractivity contribution in [3.05, 3.63) is 36.0 Å². The van der Waals surface area contributed by atoms with Gasteiger partial charge >= 0.3 is 0 Å². The summed E-state index contributed by atoms with van der Waals surface area (Å²) in [6.45, 7) is 2.58. The van der Waals surface area contributed by atoms with E-state index >= 15 is 0 Å². The molecule has 0 fully saturated rings. The van der Waals surface area contributed by atoms with Gasteiger partial charge in [0.15, 0.2) is 11.0 Å². The van der Waals surface area contributed by atoms with E-state index in [-0.39, 0.29) is 0 Å². The first kappa shape index (κ1) is 10.2. The van der Waals surface area contributed by atoms with Crippen LogP contribution in [0.1, 0.15) is 11.4 Å². The van der Waals surface area contributed by atoms with Gasteiger partial charge in [-0.15, -0.1) is 0 Å². The molecule has 5 nitrogen and oxygen atoms in total. The average Bonchev–Trinajstić information content (AvgIpc) is 2.94. The van der Waals surface area contributed by atoms with Crippen LogP contribution in [0.25, 0.3) is 10.2 Å². The number of nitrogens with zero attached hydrogens (tertiary/aromatic N) is 3. The number of aromatic nitrogens is 3. The molecule has 2 aromatic heterocycles. The van der Waals surface area contributed by atoms with Crippen molar-refractivity contribution in [2.45, 2.75) is 13.5 Å². The van der Waals surface area contributed by atoms with Crippen molar-refractivity contribution in [1.82, 2.24) is 15.1 Å². The summed E-state index contributed by atoms with van der Waals surface area (Å²) in [5.74, 6) is 0.625. The molecule has 0 amide bonds. The third-order valence-corrected chi connectivity index (χ3v) is 3.34. The lowest BCUT2D eigenvalue weighted by atomic mass is 10.2. The summed E-state index contributed by atoms with van der Waals surface area (Å²) in [5, 5.41) is 7.78. The van der Waals surface area contributed by atoms with Gasteiger partial charge < -0.3 is 9.84 Å². The smallest absolute Gasteiger partial charge is 0.213 e. The van der Waals surface area contributed by atoms with Gasteiger partial charge in [-0.2, -0.15) is 4.98 Å². The molecular weight excluding hydrogens is 236 g/mol. The summed E-state index contributed by atoms with van der Waals surface area (Å²) >= 11 is 1.62. The fraction of sp³-hybridized carbons (Fsp3) is 0.182. The van der Waals surface area contributed by atoms with E-state index in [1.807, 2.05) is 0 Å². The molecule has 0 saturated carbocycles. The van der Waals surface area contributed by atoms with E-state index < -0.39 is 0 Å². The molecule has 0 atom stereocenters. The van der Waals surface area contributed by atoms with E-state index in [0.29, 0.717) is 12.4 Å². The summed E-state index contributed by atoms with van der Waals surface area (Å²) in [6, 6.07) is 6.25. The minimum atomic E-state index is 0.523. The lowest BCUT2D eigenvalue weighted by Gasteiger charge is -1.95. The van der Waals surface area contributed by atoms with E-state index in [1.54, 1.807) is 11.3 Å². The van der Waals surface area contributed by atoms with Crippen molar-refractivity contribution in [1.29, 1.82) is 0 Å². The molecule has 0 aliphatic rings. The summed E-state index contributed by atoms with van der Waals surface area (Å²) in [4.78, 5) is 8.43. The maximum absolute atomic E-state index is 4.66. The van der Waals surface area contributed by atoms with Gasteiger partial charge in [-0.05, 0) is 24.6 Å². The number of fused-ring (bicyclic) bond motifs is 1. The largest absolute Gasteiger partial charge is 0.354 e. The molecule has 0 aliphatic heterocycles. The topological polar surface area (TPSA) is 63.8 Å². The second-order valence-corrected chi connectivity index (χ2v) is 4.72. The maximum atomic E-state index is 4.66. The van der Waals surface area contributed by atoms with E-state index in [9.17, 15) is 0 Å². The molecule has 0 spiro atoms. The first-order valence-corrected chi connectivity index (χ1v) is 5.99. The number of aryl methyl sites for hydroxylation is 1. The van der Waals surface area contributed by atoms with E-state index in [1.165, 1.54) is 16.7 Å². The molecule has 0 saturated heterocycles. The predicted molar refractivity (Wildman–Crippen MR) is 66.0 cm³/mol. The first-order chi connectivity index (χ1) is 8.31. The zero-order chi connectivity index (χ0) is 11.7. The molecule has 6 heteroatoms. The zero-order valence-electron chi connectivity index (χ0n) is 9.17. The molecule has 3 rings (SSSR count). The van der Waals surface area contributed by atoms with Gasteiger partial charge in [0.1, 0.15) is 0 Å². The molecule has 2 heterocycles. The summed E-state index contributed by atoms with van der Waals surface area (Å²) < 4.78 is 5.83. The quantitative estimate of drug-likeness (QED) is 0.769. The second-order valence-electron chi connectivity index (χ2n) is 3.69. The van der Waals surface area contributed by atoms with Crippen molar-refractivity contribution in [2.24, 2.45) is 0 Å². The average molecular weight is 246 g/mol. The molecule has 0 radical (unpaired) electrons. The number of thiazole rings is 1. The fourth-order valence-corrected chi connectivity index (χ4v) is 2.38. The van der Waals surface area contributed by atoms with Crippen LogP contribution >= 0.6 is 11.3 Å². The third-order valence-electron chi connectivity index (χ3n) is 2.35. The van der Waals surface area contributed by atoms with Gasteiger partial charge in [0.25, 0.3) is 0 Å². The van der Waals surface area contributed by atoms with Crippen molar-refractivity contribution in [3.63, 3.8) is 0 Å². The highest BCUT2D eigenvalue weighted by Gasteiger charge is 2.04.